The van der Waals surface area contributed by atoms with Crippen molar-refractivity contribution in [3.8, 4) is 17.5 Å². The number of aromatic nitrogens is 3. The van der Waals surface area contributed by atoms with Crippen LogP contribution in [0.4, 0.5) is 0 Å². The Morgan fingerprint density at radius 3 is 2.41 bits per heavy atom. The summed E-state index contributed by atoms with van der Waals surface area (Å²) in [6.07, 6.45) is 6.34. The van der Waals surface area contributed by atoms with Gasteiger partial charge in [-0.2, -0.15) is 5.26 Å². The summed E-state index contributed by atoms with van der Waals surface area (Å²) in [7, 11) is 0. The summed E-state index contributed by atoms with van der Waals surface area (Å²) in [6, 6.07) is 5.57. The van der Waals surface area contributed by atoms with Crippen molar-refractivity contribution >= 4 is 5.78 Å². The number of nitrogens with zero attached hydrogens (tertiary/aromatic N) is 3. The van der Waals surface area contributed by atoms with Crippen LogP contribution in [-0.2, 0) is 11.2 Å². The molecule has 2 aliphatic rings. The lowest BCUT2D eigenvalue weighted by molar-refractivity contribution is -0.120. The second kappa shape index (κ2) is 9.92. The van der Waals surface area contributed by atoms with Crippen molar-refractivity contribution in [3.05, 3.63) is 57.8 Å². The van der Waals surface area contributed by atoms with Crippen LogP contribution in [0.15, 0.2) is 41.0 Å². The maximum atomic E-state index is 12.6. The van der Waals surface area contributed by atoms with E-state index in [1.165, 1.54) is 0 Å². The zero-order valence-corrected chi connectivity index (χ0v) is 17.7. The molecule has 0 saturated heterocycles. The molecule has 0 aromatic carbocycles. The van der Waals surface area contributed by atoms with Gasteiger partial charge >= 0.3 is 0 Å². The first kappa shape index (κ1) is 22.2. The first-order valence-corrected chi connectivity index (χ1v) is 10.3. The van der Waals surface area contributed by atoms with Crippen molar-refractivity contribution in [1.29, 1.82) is 5.26 Å². The Labute approximate surface area is 171 Å². The van der Waals surface area contributed by atoms with Gasteiger partial charge in [0.15, 0.2) is 5.78 Å². The average molecular weight is 393 g/mol. The molecule has 0 radical (unpaired) electrons. The monoisotopic (exact) mass is 392 g/mol. The molecule has 0 aliphatic heterocycles. The lowest BCUT2D eigenvalue weighted by atomic mass is 9.66. The van der Waals surface area contributed by atoms with Crippen molar-refractivity contribution in [3.63, 3.8) is 0 Å². The number of carbonyl (C=O) groups is 1. The molecule has 152 valence electrons. The van der Waals surface area contributed by atoms with Crippen LogP contribution in [0.25, 0.3) is 11.4 Å². The number of Topliss-reactive ketones (excluding diaryl/α,β-unsaturated/α-hetero) is 1. The minimum Gasteiger partial charge on any atom is -0.306 e. The first-order valence-electron chi connectivity index (χ1n) is 10.3. The summed E-state index contributed by atoms with van der Waals surface area (Å²) in [5.74, 6) is 0.0589. The van der Waals surface area contributed by atoms with Gasteiger partial charge in [-0.3, -0.25) is 14.6 Å². The average Bonchev–Trinajstić information content (AvgIpc) is 2.79. The number of nitrogens with one attached hydrogen (secondary N) is 1. The molecule has 3 atom stereocenters. The second-order valence-electron chi connectivity index (χ2n) is 6.59. The summed E-state index contributed by atoms with van der Waals surface area (Å²) in [5, 5.41) is 9.27. The van der Waals surface area contributed by atoms with Crippen LogP contribution < -0.4 is 5.56 Å². The third-order valence-corrected chi connectivity index (χ3v) is 5.29. The van der Waals surface area contributed by atoms with Crippen LogP contribution in [0.3, 0.4) is 0 Å². The number of aromatic amines is 1. The predicted molar refractivity (Wildman–Crippen MR) is 113 cm³/mol. The Kier molecular flexibility index (Phi) is 7.60. The van der Waals surface area contributed by atoms with Crippen molar-refractivity contribution in [2.45, 2.75) is 53.4 Å². The fourth-order valence-electron chi connectivity index (χ4n) is 3.93. The molecular formula is C23H28N4O2. The highest BCUT2D eigenvalue weighted by Gasteiger charge is 2.41. The summed E-state index contributed by atoms with van der Waals surface area (Å²) >= 11 is 0. The highest BCUT2D eigenvalue weighted by atomic mass is 16.1. The molecule has 2 aliphatic carbocycles. The van der Waals surface area contributed by atoms with Gasteiger partial charge in [0.1, 0.15) is 11.9 Å². The van der Waals surface area contributed by atoms with E-state index in [-0.39, 0.29) is 34.7 Å². The van der Waals surface area contributed by atoms with E-state index in [2.05, 4.69) is 9.97 Å². The molecule has 4 rings (SSSR count). The molecule has 0 amide bonds. The summed E-state index contributed by atoms with van der Waals surface area (Å²) in [5.41, 5.74) is 2.16. The Morgan fingerprint density at radius 2 is 1.79 bits per heavy atom. The van der Waals surface area contributed by atoms with E-state index in [0.717, 1.165) is 12.0 Å². The lowest BCUT2D eigenvalue weighted by Crippen LogP contribution is -2.37. The second-order valence-corrected chi connectivity index (χ2v) is 6.59. The van der Waals surface area contributed by atoms with Gasteiger partial charge in [-0.1, -0.05) is 40.7 Å². The maximum absolute atomic E-state index is 12.6. The molecule has 1 N–H and O–H groups in total. The first-order chi connectivity index (χ1) is 14.1. The van der Waals surface area contributed by atoms with Gasteiger partial charge in [-0.25, -0.2) is 4.98 Å². The number of H-pyrrole nitrogens is 1. The van der Waals surface area contributed by atoms with Crippen LogP contribution in [0.5, 0.6) is 0 Å². The fourth-order valence-corrected chi connectivity index (χ4v) is 3.93. The normalized spacial score (nSPS) is 21.7. The molecular weight excluding hydrogens is 364 g/mol. The smallest absolute Gasteiger partial charge is 0.254 e. The van der Waals surface area contributed by atoms with Crippen LogP contribution in [0.2, 0.25) is 0 Å². The molecule has 2 heterocycles. The Balaban J connectivity index is 0.000000707. The highest BCUT2D eigenvalue weighted by molar-refractivity contribution is 6.01. The minimum atomic E-state index is -0.233. The lowest BCUT2D eigenvalue weighted by Gasteiger charge is -2.37. The Bertz CT molecular complexity index is 986. The van der Waals surface area contributed by atoms with Crippen molar-refractivity contribution in [1.82, 2.24) is 15.0 Å². The van der Waals surface area contributed by atoms with Gasteiger partial charge in [0.25, 0.3) is 5.56 Å². The van der Waals surface area contributed by atoms with E-state index in [0.29, 0.717) is 23.5 Å². The number of rotatable bonds is 1. The van der Waals surface area contributed by atoms with E-state index in [4.69, 9.17) is 4.98 Å². The van der Waals surface area contributed by atoms with Crippen molar-refractivity contribution in [2.75, 3.05) is 0 Å². The molecule has 0 bridgehead atoms. The number of hydrogen-bond donors (Lipinski definition) is 1. The van der Waals surface area contributed by atoms with E-state index in [9.17, 15) is 14.9 Å². The number of ketones is 1. The van der Waals surface area contributed by atoms with Crippen molar-refractivity contribution < 1.29 is 4.79 Å². The number of allylic oxidation sites excluding steroid dienone is 2. The molecule has 0 saturated carbocycles. The van der Waals surface area contributed by atoms with Gasteiger partial charge < -0.3 is 4.98 Å². The Hall–Kier alpha value is -3.07. The molecule has 6 heteroatoms. The zero-order chi connectivity index (χ0) is 21.6. The van der Waals surface area contributed by atoms with E-state index < -0.39 is 0 Å². The van der Waals surface area contributed by atoms with Crippen LogP contribution in [0.1, 0.15) is 58.2 Å². The number of nitriles is 1. The maximum Gasteiger partial charge on any atom is 0.254 e. The topological polar surface area (TPSA) is 99.5 Å². The summed E-state index contributed by atoms with van der Waals surface area (Å²) in [4.78, 5) is 36.4. The zero-order valence-electron chi connectivity index (χ0n) is 17.7. The van der Waals surface area contributed by atoms with Gasteiger partial charge in [-0.15, -0.1) is 0 Å². The van der Waals surface area contributed by atoms with Crippen LogP contribution in [0, 0.1) is 23.2 Å². The van der Waals surface area contributed by atoms with Gasteiger partial charge in [0.2, 0.25) is 0 Å². The molecule has 6 nitrogen and oxygen atoms in total. The third-order valence-electron chi connectivity index (χ3n) is 5.29. The highest BCUT2D eigenvalue weighted by Crippen LogP contribution is 2.44. The van der Waals surface area contributed by atoms with E-state index >= 15 is 0 Å². The molecule has 2 aromatic rings. The van der Waals surface area contributed by atoms with Gasteiger partial charge in [0.05, 0.1) is 11.3 Å². The molecule has 0 fully saturated rings. The molecule has 3 unspecified atom stereocenters. The standard InChI is InChI=1S/C19H16N4O2.2C2H6/c1-10-13-2-3-14-16(15(13)8-12(9-20)17(10)24)22-18(23-19(14)25)11-4-6-21-7-5-11;2*1-2/h4-8,10,13,15H,2-3H2,1H3,(H,22,23,25);2*1-2H3. The van der Waals surface area contributed by atoms with Gasteiger partial charge in [0, 0.05) is 35.4 Å². The largest absolute Gasteiger partial charge is 0.306 e. The van der Waals surface area contributed by atoms with E-state index in [1.807, 2.05) is 40.7 Å². The molecule has 0 spiro atoms. The number of pyridine rings is 1. The third kappa shape index (κ3) is 4.19. The summed E-state index contributed by atoms with van der Waals surface area (Å²) < 4.78 is 0. The minimum absolute atomic E-state index is 0.0803. The molecule has 2 aromatic heterocycles. The van der Waals surface area contributed by atoms with Gasteiger partial charge in [-0.05, 0) is 30.9 Å². The van der Waals surface area contributed by atoms with Crippen LogP contribution >= 0.6 is 0 Å². The van der Waals surface area contributed by atoms with Crippen LogP contribution in [-0.4, -0.2) is 20.7 Å². The van der Waals surface area contributed by atoms with E-state index in [1.54, 1.807) is 30.6 Å². The molecule has 29 heavy (non-hydrogen) atoms. The number of hydrogen-bond acceptors (Lipinski definition) is 5. The summed E-state index contributed by atoms with van der Waals surface area (Å²) in [6.45, 7) is 9.87. The SMILES string of the molecule is CC.CC.CC1C(=O)C(C#N)=CC2c3nc(-c4ccncc4)[nH]c(=O)c3CCC12. The predicted octanol–water partition coefficient (Wildman–Crippen LogP) is 4.20. The number of carbonyl (C=O) groups excluding carboxylic acids is 1. The quantitative estimate of drug-likeness (QED) is 0.784. The Morgan fingerprint density at radius 1 is 1.14 bits per heavy atom. The van der Waals surface area contributed by atoms with Crippen molar-refractivity contribution in [2.24, 2.45) is 11.8 Å². The fraction of sp³-hybridized carbons (Fsp3) is 0.435. The number of fused-ring (bicyclic) bond motifs is 3.